The number of nitrogens with zero attached hydrogens (tertiary/aromatic N) is 2. The molecule has 2 saturated heterocycles. The van der Waals surface area contributed by atoms with Crippen molar-refractivity contribution in [1.82, 2.24) is 9.80 Å². The van der Waals surface area contributed by atoms with E-state index < -0.39 is 18.0 Å². The van der Waals surface area contributed by atoms with Gasteiger partial charge in [-0.3, -0.25) is 9.69 Å². The van der Waals surface area contributed by atoms with Crippen LogP contribution in [0.3, 0.4) is 0 Å². The van der Waals surface area contributed by atoms with E-state index in [-0.39, 0.29) is 23.6 Å². The summed E-state index contributed by atoms with van der Waals surface area (Å²) >= 11 is 1.62. The fourth-order valence-corrected chi connectivity index (χ4v) is 6.43. The molecule has 0 aromatic carbocycles. The molecule has 3 fully saturated rings. The highest BCUT2D eigenvalue weighted by atomic mass is 32.2. The minimum absolute atomic E-state index is 0.0391. The van der Waals surface area contributed by atoms with E-state index in [0.717, 1.165) is 24.5 Å². The predicted molar refractivity (Wildman–Crippen MR) is 98.1 cm³/mol. The van der Waals surface area contributed by atoms with Crippen molar-refractivity contribution in [2.45, 2.75) is 50.1 Å². The van der Waals surface area contributed by atoms with Gasteiger partial charge >= 0.3 is 5.97 Å². The first-order valence-corrected chi connectivity index (χ1v) is 10.3. The van der Waals surface area contributed by atoms with Gasteiger partial charge in [-0.15, -0.1) is 11.8 Å². The van der Waals surface area contributed by atoms with Crippen molar-refractivity contribution >= 4 is 23.6 Å². The number of rotatable bonds is 6. The number of hydrogen-bond acceptors (Lipinski definition) is 6. The highest BCUT2D eigenvalue weighted by Gasteiger charge is 2.60. The van der Waals surface area contributed by atoms with Crippen LogP contribution >= 0.6 is 11.8 Å². The lowest BCUT2D eigenvalue weighted by Gasteiger charge is -2.50. The lowest BCUT2D eigenvalue weighted by Crippen LogP contribution is -2.63. The Bertz CT molecular complexity index is 655. The summed E-state index contributed by atoms with van der Waals surface area (Å²) < 4.78 is 0. The van der Waals surface area contributed by atoms with Gasteiger partial charge in [0.15, 0.2) is 0 Å². The van der Waals surface area contributed by atoms with E-state index in [0.29, 0.717) is 17.2 Å². The molecule has 4 rings (SSSR count). The third-order valence-electron chi connectivity index (χ3n) is 6.54. The van der Waals surface area contributed by atoms with Crippen LogP contribution in [0.5, 0.6) is 0 Å². The van der Waals surface area contributed by atoms with Crippen LogP contribution in [0, 0.1) is 17.8 Å². The van der Waals surface area contributed by atoms with Crippen molar-refractivity contribution in [1.29, 1.82) is 0 Å². The molecule has 4 N–H and O–H groups in total. The molecule has 0 radical (unpaired) electrons. The van der Waals surface area contributed by atoms with Crippen LogP contribution in [0.15, 0.2) is 10.6 Å². The van der Waals surface area contributed by atoms with Crippen LogP contribution in [0.4, 0.5) is 0 Å². The number of carbonyl (C=O) groups is 2. The summed E-state index contributed by atoms with van der Waals surface area (Å²) in [7, 11) is 0. The van der Waals surface area contributed by atoms with E-state index in [1.165, 1.54) is 17.7 Å². The van der Waals surface area contributed by atoms with E-state index >= 15 is 0 Å². The van der Waals surface area contributed by atoms with E-state index in [1.807, 2.05) is 6.92 Å². The molecule has 144 valence electrons. The van der Waals surface area contributed by atoms with Crippen molar-refractivity contribution in [3.8, 4) is 0 Å². The van der Waals surface area contributed by atoms with Crippen LogP contribution in [0.2, 0.25) is 0 Å². The summed E-state index contributed by atoms with van der Waals surface area (Å²) in [6.45, 7) is 6.29. The lowest BCUT2D eigenvalue weighted by atomic mass is 9.78. The van der Waals surface area contributed by atoms with Gasteiger partial charge in [0.05, 0.1) is 18.1 Å². The largest absolute Gasteiger partial charge is 0.477 e. The smallest absolute Gasteiger partial charge is 0.353 e. The second-order valence-corrected chi connectivity index (χ2v) is 9.53. The van der Waals surface area contributed by atoms with Gasteiger partial charge < -0.3 is 20.8 Å². The Balaban J connectivity index is 1.42. The summed E-state index contributed by atoms with van der Waals surface area (Å²) in [5.74, 6) is -1.17. The quantitative estimate of drug-likeness (QED) is 0.568. The Hall–Kier alpha value is -1.09. The van der Waals surface area contributed by atoms with Crippen molar-refractivity contribution in [3.05, 3.63) is 10.6 Å². The number of amides is 1. The van der Waals surface area contributed by atoms with E-state index in [4.69, 9.17) is 5.73 Å². The standard InChI is InChI=1S/C18H27N3O4S/c1-8-14-13(9(2)22)17(23)21(14)15(18(24)25)16(8)26-12-6-20(7-12)11-3-10(4-11)5-19/h8-14,22H,3-7,19H2,1-2H3,(H,24,25). The molecule has 1 aliphatic carbocycles. The number of carboxylic acid groups (broad SMARTS) is 1. The summed E-state index contributed by atoms with van der Waals surface area (Å²) in [6.07, 6.45) is 1.60. The number of nitrogens with two attached hydrogens (primary N) is 1. The molecule has 4 unspecified atom stereocenters. The van der Waals surface area contributed by atoms with Gasteiger partial charge in [0, 0.05) is 35.2 Å². The molecule has 0 aromatic rings. The van der Waals surface area contributed by atoms with E-state index in [1.54, 1.807) is 18.7 Å². The summed E-state index contributed by atoms with van der Waals surface area (Å²) in [4.78, 5) is 28.8. The molecule has 0 aromatic heterocycles. The van der Waals surface area contributed by atoms with Crippen molar-refractivity contribution < 1.29 is 19.8 Å². The molecular weight excluding hydrogens is 354 g/mol. The van der Waals surface area contributed by atoms with Crippen LogP contribution in [-0.2, 0) is 9.59 Å². The number of likely N-dealkylation sites (tertiary alicyclic amines) is 1. The van der Waals surface area contributed by atoms with Crippen LogP contribution in [-0.4, -0.2) is 75.0 Å². The van der Waals surface area contributed by atoms with Crippen LogP contribution < -0.4 is 5.73 Å². The topological polar surface area (TPSA) is 107 Å². The number of aliphatic hydroxyl groups is 1. The molecule has 8 heteroatoms. The van der Waals surface area contributed by atoms with Gasteiger partial charge in [-0.2, -0.15) is 0 Å². The molecule has 1 amide bonds. The summed E-state index contributed by atoms with van der Waals surface area (Å²) in [5, 5.41) is 19.9. The zero-order chi connectivity index (χ0) is 18.7. The first kappa shape index (κ1) is 18.3. The fourth-order valence-electron chi connectivity index (χ4n) is 4.89. The predicted octanol–water partition coefficient (Wildman–Crippen LogP) is 0.295. The third kappa shape index (κ3) is 2.61. The Morgan fingerprint density at radius 2 is 2.04 bits per heavy atom. The lowest BCUT2D eigenvalue weighted by molar-refractivity contribution is -0.163. The SMILES string of the molecule is CC(O)C1C(=O)N2C(C(=O)O)=C(SC3CN(C4CC(CN)C4)C3)C(C)C12. The zero-order valence-electron chi connectivity index (χ0n) is 15.2. The molecule has 7 nitrogen and oxygen atoms in total. The van der Waals surface area contributed by atoms with Gasteiger partial charge in [-0.25, -0.2) is 4.79 Å². The number of carboxylic acids is 1. The van der Waals surface area contributed by atoms with Gasteiger partial charge in [0.1, 0.15) is 5.70 Å². The maximum atomic E-state index is 12.3. The first-order valence-electron chi connectivity index (χ1n) is 9.42. The second kappa shape index (κ2) is 6.51. The Kier molecular flexibility index (Phi) is 4.58. The van der Waals surface area contributed by atoms with Crippen LogP contribution in [0.1, 0.15) is 26.7 Å². The van der Waals surface area contributed by atoms with Gasteiger partial charge in [0.25, 0.3) is 0 Å². The maximum Gasteiger partial charge on any atom is 0.353 e. The summed E-state index contributed by atoms with van der Waals surface area (Å²) in [6, 6.07) is 0.416. The molecule has 1 saturated carbocycles. The van der Waals surface area contributed by atoms with E-state index in [9.17, 15) is 19.8 Å². The maximum absolute atomic E-state index is 12.3. The van der Waals surface area contributed by atoms with E-state index in [2.05, 4.69) is 4.90 Å². The van der Waals surface area contributed by atoms with Crippen molar-refractivity contribution in [2.24, 2.45) is 23.5 Å². The highest BCUT2D eigenvalue weighted by Crippen LogP contribution is 2.52. The number of fused-ring (bicyclic) bond motifs is 1. The second-order valence-electron chi connectivity index (χ2n) is 8.19. The number of thioether (sulfide) groups is 1. The molecule has 0 bridgehead atoms. The fraction of sp³-hybridized carbons (Fsp3) is 0.778. The minimum Gasteiger partial charge on any atom is -0.477 e. The highest BCUT2D eigenvalue weighted by molar-refractivity contribution is 8.03. The number of hydrogen-bond donors (Lipinski definition) is 3. The monoisotopic (exact) mass is 381 g/mol. The number of aliphatic carboxylic acids is 1. The number of aliphatic hydroxyl groups excluding tert-OH is 1. The number of β-lactam (4-membered cyclic amide) rings is 1. The molecule has 0 spiro atoms. The van der Waals surface area contributed by atoms with Gasteiger partial charge in [0.2, 0.25) is 5.91 Å². The number of carbonyl (C=O) groups excluding carboxylic acids is 1. The minimum atomic E-state index is -1.04. The molecule has 4 aliphatic rings. The average Bonchev–Trinajstić information content (AvgIpc) is 2.72. The molecule has 3 heterocycles. The van der Waals surface area contributed by atoms with Gasteiger partial charge in [-0.05, 0) is 32.2 Å². The van der Waals surface area contributed by atoms with Crippen molar-refractivity contribution in [3.63, 3.8) is 0 Å². The Morgan fingerprint density at radius 1 is 1.38 bits per heavy atom. The zero-order valence-corrected chi connectivity index (χ0v) is 16.0. The van der Waals surface area contributed by atoms with Crippen molar-refractivity contribution in [2.75, 3.05) is 19.6 Å². The first-order chi connectivity index (χ1) is 12.3. The van der Waals surface area contributed by atoms with Gasteiger partial charge in [-0.1, -0.05) is 6.92 Å². The molecular formula is C18H27N3O4S. The summed E-state index contributed by atoms with van der Waals surface area (Å²) in [5.41, 5.74) is 5.83. The third-order valence-corrected chi connectivity index (χ3v) is 7.99. The normalized spacial score (nSPS) is 38.5. The van der Waals surface area contributed by atoms with Crippen LogP contribution in [0.25, 0.3) is 0 Å². The Labute approximate surface area is 157 Å². The molecule has 3 aliphatic heterocycles. The molecule has 26 heavy (non-hydrogen) atoms. The molecule has 4 atom stereocenters. The average molecular weight is 381 g/mol. The Morgan fingerprint density at radius 3 is 2.58 bits per heavy atom.